The smallest absolute Gasteiger partial charge is 0.269 e. The van der Waals surface area contributed by atoms with Crippen LogP contribution in [0.4, 0.5) is 11.4 Å². The molecule has 0 aliphatic heterocycles. The fourth-order valence-corrected chi connectivity index (χ4v) is 1.49. The van der Waals surface area contributed by atoms with E-state index in [1.807, 2.05) is 26.0 Å². The van der Waals surface area contributed by atoms with Crippen LogP contribution in [0.2, 0.25) is 0 Å². The normalized spacial score (nSPS) is 11.4. The van der Waals surface area contributed by atoms with Crippen molar-refractivity contribution in [1.29, 1.82) is 0 Å². The molecule has 6 heteroatoms. The zero-order chi connectivity index (χ0) is 13.8. The second kappa shape index (κ2) is 5.34. The average Bonchev–Trinajstić information content (AvgIpc) is 2.83. The maximum absolute atomic E-state index is 10.5. The summed E-state index contributed by atoms with van der Waals surface area (Å²) in [4.78, 5) is 10.1. The number of furan rings is 1. The van der Waals surface area contributed by atoms with Crippen molar-refractivity contribution >= 4 is 17.1 Å². The summed E-state index contributed by atoms with van der Waals surface area (Å²) in [5, 5.41) is 14.7. The molecule has 1 aromatic heterocycles. The lowest BCUT2D eigenvalue weighted by Crippen LogP contribution is -1.98. The molecular weight excluding hydrogens is 246 g/mol. The van der Waals surface area contributed by atoms with Crippen molar-refractivity contribution in [2.24, 2.45) is 5.10 Å². The molecule has 1 N–H and O–H groups in total. The number of benzene rings is 1. The lowest BCUT2D eigenvalue weighted by molar-refractivity contribution is -0.384. The van der Waals surface area contributed by atoms with Crippen molar-refractivity contribution in [3.63, 3.8) is 0 Å². The number of nitrogens with zero attached hydrogens (tertiary/aromatic N) is 2. The molecule has 0 aliphatic rings. The minimum Gasteiger partial charge on any atom is -0.460 e. The van der Waals surface area contributed by atoms with Gasteiger partial charge in [-0.2, -0.15) is 5.10 Å². The number of rotatable bonds is 4. The zero-order valence-corrected chi connectivity index (χ0v) is 10.6. The Labute approximate surface area is 109 Å². The summed E-state index contributed by atoms with van der Waals surface area (Å²) < 4.78 is 5.42. The van der Waals surface area contributed by atoms with Crippen LogP contribution in [0, 0.1) is 17.0 Å². The van der Waals surface area contributed by atoms with E-state index in [1.54, 1.807) is 12.1 Å². The van der Waals surface area contributed by atoms with Gasteiger partial charge in [0.25, 0.3) is 5.69 Å². The van der Waals surface area contributed by atoms with E-state index in [1.165, 1.54) is 12.1 Å². The largest absolute Gasteiger partial charge is 0.460 e. The number of nitro groups is 1. The van der Waals surface area contributed by atoms with Crippen LogP contribution < -0.4 is 5.43 Å². The molecule has 0 aliphatic carbocycles. The molecule has 98 valence electrons. The van der Waals surface area contributed by atoms with Crippen molar-refractivity contribution in [1.82, 2.24) is 0 Å². The van der Waals surface area contributed by atoms with Gasteiger partial charge in [0.15, 0.2) is 0 Å². The van der Waals surface area contributed by atoms with Gasteiger partial charge in [-0.15, -0.1) is 0 Å². The van der Waals surface area contributed by atoms with Crippen LogP contribution in [-0.4, -0.2) is 10.6 Å². The number of hydrazone groups is 1. The van der Waals surface area contributed by atoms with Crippen molar-refractivity contribution in [3.8, 4) is 0 Å². The molecule has 0 saturated carbocycles. The molecule has 1 heterocycles. The van der Waals surface area contributed by atoms with Gasteiger partial charge in [0, 0.05) is 12.1 Å². The molecule has 0 radical (unpaired) electrons. The highest BCUT2D eigenvalue weighted by Crippen LogP contribution is 2.15. The third-order valence-corrected chi connectivity index (χ3v) is 2.53. The zero-order valence-electron chi connectivity index (χ0n) is 10.6. The van der Waals surface area contributed by atoms with Gasteiger partial charge < -0.3 is 4.42 Å². The van der Waals surface area contributed by atoms with Crippen LogP contribution in [-0.2, 0) is 0 Å². The second-order valence-electron chi connectivity index (χ2n) is 4.02. The summed E-state index contributed by atoms with van der Waals surface area (Å²) in [6.07, 6.45) is 0. The van der Waals surface area contributed by atoms with E-state index in [0.29, 0.717) is 17.2 Å². The Kier molecular flexibility index (Phi) is 3.61. The van der Waals surface area contributed by atoms with Crippen LogP contribution in [0.3, 0.4) is 0 Å². The van der Waals surface area contributed by atoms with Crippen LogP contribution >= 0.6 is 0 Å². The highest BCUT2D eigenvalue weighted by Gasteiger charge is 2.04. The lowest BCUT2D eigenvalue weighted by atomic mass is 10.3. The van der Waals surface area contributed by atoms with E-state index in [2.05, 4.69) is 10.5 Å². The van der Waals surface area contributed by atoms with Crippen LogP contribution in [0.5, 0.6) is 0 Å². The van der Waals surface area contributed by atoms with Gasteiger partial charge in [0.05, 0.1) is 10.6 Å². The fourth-order valence-electron chi connectivity index (χ4n) is 1.49. The Morgan fingerprint density at radius 3 is 2.47 bits per heavy atom. The number of nitro benzene ring substituents is 1. The summed E-state index contributed by atoms with van der Waals surface area (Å²) >= 11 is 0. The Hall–Kier alpha value is -2.63. The maximum atomic E-state index is 10.5. The lowest BCUT2D eigenvalue weighted by Gasteiger charge is -2.01. The van der Waals surface area contributed by atoms with E-state index < -0.39 is 4.92 Å². The molecular formula is C13H13N3O3. The molecule has 0 spiro atoms. The number of hydrogen-bond acceptors (Lipinski definition) is 5. The van der Waals surface area contributed by atoms with Gasteiger partial charge in [-0.05, 0) is 38.1 Å². The standard InChI is InChI=1S/C13H13N3O3/c1-9-3-8-13(19-9)10(2)14-15-11-4-6-12(7-5-11)16(17)18/h3-8,15H,1-2H3/b14-10+. The Morgan fingerprint density at radius 1 is 1.26 bits per heavy atom. The third-order valence-electron chi connectivity index (χ3n) is 2.53. The molecule has 2 aromatic rings. The second-order valence-corrected chi connectivity index (χ2v) is 4.02. The topological polar surface area (TPSA) is 80.7 Å². The minimum absolute atomic E-state index is 0.0490. The van der Waals surface area contributed by atoms with Gasteiger partial charge >= 0.3 is 0 Å². The molecule has 0 amide bonds. The maximum Gasteiger partial charge on any atom is 0.269 e. The predicted octanol–water partition coefficient (Wildman–Crippen LogP) is 3.33. The number of nitrogens with one attached hydrogen (secondary N) is 1. The molecule has 0 fully saturated rings. The minimum atomic E-state index is -0.441. The Balaban J connectivity index is 2.07. The van der Waals surface area contributed by atoms with Crippen molar-refractivity contribution < 1.29 is 9.34 Å². The summed E-state index contributed by atoms with van der Waals surface area (Å²) in [6.45, 7) is 3.68. The van der Waals surface area contributed by atoms with E-state index >= 15 is 0 Å². The predicted molar refractivity (Wildman–Crippen MR) is 72.4 cm³/mol. The molecule has 19 heavy (non-hydrogen) atoms. The number of aryl methyl sites for hydroxylation is 1. The van der Waals surface area contributed by atoms with E-state index in [4.69, 9.17) is 4.42 Å². The summed E-state index contributed by atoms with van der Waals surface area (Å²) in [5.41, 5.74) is 4.25. The summed E-state index contributed by atoms with van der Waals surface area (Å²) in [5.74, 6) is 1.51. The highest BCUT2D eigenvalue weighted by molar-refractivity contribution is 5.96. The Bertz CT molecular complexity index is 614. The fraction of sp³-hybridized carbons (Fsp3) is 0.154. The van der Waals surface area contributed by atoms with Gasteiger partial charge in [0.1, 0.15) is 17.2 Å². The molecule has 0 saturated heterocycles. The highest BCUT2D eigenvalue weighted by atomic mass is 16.6. The summed E-state index contributed by atoms with van der Waals surface area (Å²) in [6, 6.07) is 9.74. The first-order chi connectivity index (χ1) is 9.06. The average molecular weight is 259 g/mol. The first-order valence-electron chi connectivity index (χ1n) is 5.68. The van der Waals surface area contributed by atoms with Crippen LogP contribution in [0.1, 0.15) is 18.4 Å². The molecule has 6 nitrogen and oxygen atoms in total. The van der Waals surface area contributed by atoms with Gasteiger partial charge in [-0.1, -0.05) is 0 Å². The first-order valence-corrected chi connectivity index (χ1v) is 5.68. The molecule has 0 unspecified atom stereocenters. The van der Waals surface area contributed by atoms with Crippen molar-refractivity contribution in [2.45, 2.75) is 13.8 Å². The van der Waals surface area contributed by atoms with Crippen molar-refractivity contribution in [2.75, 3.05) is 5.43 Å². The van der Waals surface area contributed by atoms with Gasteiger partial charge in [-0.3, -0.25) is 15.5 Å². The van der Waals surface area contributed by atoms with E-state index in [0.717, 1.165) is 5.76 Å². The van der Waals surface area contributed by atoms with Crippen molar-refractivity contribution in [3.05, 3.63) is 58.0 Å². The molecule has 2 rings (SSSR count). The quantitative estimate of drug-likeness (QED) is 0.518. The van der Waals surface area contributed by atoms with E-state index in [-0.39, 0.29) is 5.69 Å². The Morgan fingerprint density at radius 2 is 1.95 bits per heavy atom. The molecule has 1 aromatic carbocycles. The first kappa shape index (κ1) is 12.8. The van der Waals surface area contributed by atoms with Crippen LogP contribution in [0.25, 0.3) is 0 Å². The van der Waals surface area contributed by atoms with Gasteiger partial charge in [0.2, 0.25) is 0 Å². The van der Waals surface area contributed by atoms with E-state index in [9.17, 15) is 10.1 Å². The number of anilines is 1. The number of hydrogen-bond donors (Lipinski definition) is 1. The third kappa shape index (κ3) is 3.19. The monoisotopic (exact) mass is 259 g/mol. The molecule has 0 bridgehead atoms. The van der Waals surface area contributed by atoms with Crippen LogP contribution in [0.15, 0.2) is 45.9 Å². The van der Waals surface area contributed by atoms with Gasteiger partial charge in [-0.25, -0.2) is 0 Å². The molecule has 0 atom stereocenters. The summed E-state index contributed by atoms with van der Waals surface area (Å²) in [7, 11) is 0. The number of non-ortho nitro benzene ring substituents is 1. The SMILES string of the molecule is C/C(=N\Nc1ccc([N+](=O)[O-])cc1)c1ccc(C)o1.